The van der Waals surface area contributed by atoms with E-state index in [0.29, 0.717) is 53.2 Å². The van der Waals surface area contributed by atoms with E-state index in [1.54, 1.807) is 40.4 Å². The summed E-state index contributed by atoms with van der Waals surface area (Å²) in [5.41, 5.74) is 3.95. The van der Waals surface area contributed by atoms with Crippen LogP contribution in [0.25, 0.3) is 22.2 Å². The third-order valence-corrected chi connectivity index (χ3v) is 6.94. The molecule has 0 spiro atoms. The predicted molar refractivity (Wildman–Crippen MR) is 135 cm³/mol. The van der Waals surface area contributed by atoms with Crippen LogP contribution in [-0.2, 0) is 16.3 Å². The quantitative estimate of drug-likeness (QED) is 0.263. The molecule has 1 fully saturated rings. The molecule has 0 radical (unpaired) electrons. The Hall–Kier alpha value is -4.50. The van der Waals surface area contributed by atoms with Crippen LogP contribution >= 0.6 is 0 Å². The van der Waals surface area contributed by atoms with Crippen molar-refractivity contribution in [1.82, 2.24) is 19.8 Å². The van der Waals surface area contributed by atoms with Crippen molar-refractivity contribution in [3.05, 3.63) is 83.7 Å². The fourth-order valence-corrected chi connectivity index (χ4v) is 4.97. The van der Waals surface area contributed by atoms with Gasteiger partial charge < -0.3 is 19.7 Å². The summed E-state index contributed by atoms with van der Waals surface area (Å²) in [5.74, 6) is -0.621. The molecule has 186 valence electrons. The topological polar surface area (TPSA) is 105 Å². The summed E-state index contributed by atoms with van der Waals surface area (Å²) in [6, 6.07) is 16.2. The average molecular weight is 497 g/mol. The number of hydrogen-bond donors (Lipinski definition) is 1. The van der Waals surface area contributed by atoms with Crippen LogP contribution in [0.3, 0.4) is 0 Å². The number of Topliss-reactive ketones (excluding diaryl/α,β-unsaturated/α-hetero) is 1. The smallest absolute Gasteiger partial charge is 0.295 e. The SMILES string of the molecule is CC1CN(C(=O)c2ccccc2)CCN1C(=O)C(=O)c1c[nH]c2c(-c3ccc4c(c3)OOC4)nccc12. The fraction of sp³-hybridized carbons (Fsp3) is 0.214. The molecule has 9 heteroatoms. The molecule has 9 nitrogen and oxygen atoms in total. The highest BCUT2D eigenvalue weighted by Gasteiger charge is 2.34. The number of hydrogen-bond acceptors (Lipinski definition) is 6. The first-order chi connectivity index (χ1) is 18.0. The van der Waals surface area contributed by atoms with Gasteiger partial charge in [-0.3, -0.25) is 19.4 Å². The van der Waals surface area contributed by atoms with Gasteiger partial charge in [0.2, 0.25) is 0 Å². The summed E-state index contributed by atoms with van der Waals surface area (Å²) in [6.07, 6.45) is 3.18. The van der Waals surface area contributed by atoms with Gasteiger partial charge in [-0.15, -0.1) is 0 Å². The molecule has 4 aromatic rings. The summed E-state index contributed by atoms with van der Waals surface area (Å²) in [6.45, 7) is 3.26. The Morgan fingerprint density at radius 1 is 1.05 bits per heavy atom. The van der Waals surface area contributed by atoms with Gasteiger partial charge in [0.1, 0.15) is 6.61 Å². The second-order valence-corrected chi connectivity index (χ2v) is 9.25. The molecule has 2 aliphatic heterocycles. The number of benzene rings is 2. The Morgan fingerprint density at radius 2 is 1.89 bits per heavy atom. The van der Waals surface area contributed by atoms with Crippen molar-refractivity contribution < 1.29 is 24.2 Å². The third kappa shape index (κ3) is 4.03. The number of carbonyl (C=O) groups is 3. The van der Waals surface area contributed by atoms with Crippen molar-refractivity contribution >= 4 is 28.5 Å². The molecule has 1 atom stereocenters. The minimum atomic E-state index is -0.594. The van der Waals surface area contributed by atoms with Crippen LogP contribution in [0.4, 0.5) is 0 Å². The van der Waals surface area contributed by atoms with Crippen LogP contribution in [0.15, 0.2) is 67.0 Å². The number of carbonyl (C=O) groups excluding carboxylic acids is 3. The van der Waals surface area contributed by atoms with Gasteiger partial charge in [0, 0.05) is 60.1 Å². The number of nitrogens with zero attached hydrogens (tertiary/aromatic N) is 3. The highest BCUT2D eigenvalue weighted by Crippen LogP contribution is 2.34. The molecule has 1 unspecified atom stereocenters. The maximum Gasteiger partial charge on any atom is 0.295 e. The zero-order valence-electron chi connectivity index (χ0n) is 20.1. The van der Waals surface area contributed by atoms with Gasteiger partial charge in [0.25, 0.3) is 17.6 Å². The van der Waals surface area contributed by atoms with Gasteiger partial charge in [-0.05, 0) is 31.2 Å². The molecule has 2 amide bonds. The maximum absolute atomic E-state index is 13.4. The van der Waals surface area contributed by atoms with E-state index in [1.807, 2.05) is 43.3 Å². The van der Waals surface area contributed by atoms with Gasteiger partial charge >= 0.3 is 0 Å². The number of ketones is 1. The zero-order chi connectivity index (χ0) is 25.5. The maximum atomic E-state index is 13.4. The largest absolute Gasteiger partial charge is 0.359 e. The zero-order valence-corrected chi connectivity index (χ0v) is 20.1. The summed E-state index contributed by atoms with van der Waals surface area (Å²) in [7, 11) is 0. The summed E-state index contributed by atoms with van der Waals surface area (Å²) >= 11 is 0. The molecule has 6 rings (SSSR count). The number of fused-ring (bicyclic) bond motifs is 2. The number of pyridine rings is 1. The summed E-state index contributed by atoms with van der Waals surface area (Å²) < 4.78 is 0. The number of aromatic amines is 1. The standard InChI is InChI=1S/C28H24N4O5/c1-17-15-31(27(34)18-5-3-2-4-6-18)11-12-32(17)28(35)26(33)22-14-30-25-21(22)9-10-29-24(25)19-7-8-20-16-36-37-23(20)13-19/h2-10,13-14,17,30H,11-12,15-16H2,1H3. The number of piperazine rings is 1. The molecule has 1 saturated heterocycles. The lowest BCUT2D eigenvalue weighted by atomic mass is 10.0. The van der Waals surface area contributed by atoms with Gasteiger partial charge in [0.15, 0.2) is 5.75 Å². The van der Waals surface area contributed by atoms with E-state index >= 15 is 0 Å². The first-order valence-corrected chi connectivity index (χ1v) is 12.1. The second-order valence-electron chi connectivity index (χ2n) is 9.25. The van der Waals surface area contributed by atoms with Gasteiger partial charge in [-0.2, -0.15) is 4.89 Å². The number of H-pyrrole nitrogens is 1. The third-order valence-electron chi connectivity index (χ3n) is 6.94. The second kappa shape index (κ2) is 9.18. The van der Waals surface area contributed by atoms with E-state index < -0.39 is 11.7 Å². The van der Waals surface area contributed by atoms with E-state index in [0.717, 1.165) is 11.1 Å². The lowest BCUT2D eigenvalue weighted by Gasteiger charge is -2.39. The predicted octanol–water partition coefficient (Wildman–Crippen LogP) is 3.61. The van der Waals surface area contributed by atoms with Crippen molar-refractivity contribution in [2.75, 3.05) is 19.6 Å². The minimum absolute atomic E-state index is 0.0777. The highest BCUT2D eigenvalue weighted by atomic mass is 17.2. The number of nitrogens with one attached hydrogen (secondary N) is 1. The molecular weight excluding hydrogens is 472 g/mol. The number of aromatic nitrogens is 2. The molecule has 1 N–H and O–H groups in total. The number of rotatable bonds is 4. The van der Waals surface area contributed by atoms with Gasteiger partial charge in [-0.1, -0.05) is 30.3 Å². The Labute approximate surface area is 212 Å². The summed E-state index contributed by atoms with van der Waals surface area (Å²) in [5, 5.41) is 0.617. The van der Waals surface area contributed by atoms with Crippen molar-refractivity contribution in [2.24, 2.45) is 0 Å². The van der Waals surface area contributed by atoms with E-state index in [1.165, 1.54) is 0 Å². The number of amides is 2. The monoisotopic (exact) mass is 496 g/mol. The van der Waals surface area contributed by atoms with Crippen molar-refractivity contribution in [3.63, 3.8) is 0 Å². The highest BCUT2D eigenvalue weighted by molar-refractivity contribution is 6.45. The van der Waals surface area contributed by atoms with Crippen LogP contribution in [-0.4, -0.2) is 63.0 Å². The first-order valence-electron chi connectivity index (χ1n) is 12.1. The van der Waals surface area contributed by atoms with E-state index in [2.05, 4.69) is 9.97 Å². The lowest BCUT2D eigenvalue weighted by Crippen LogP contribution is -2.56. The van der Waals surface area contributed by atoms with Gasteiger partial charge in [0.05, 0.1) is 16.8 Å². The Kier molecular flexibility index (Phi) is 5.69. The van der Waals surface area contributed by atoms with Crippen LogP contribution in [0.2, 0.25) is 0 Å². The van der Waals surface area contributed by atoms with Gasteiger partial charge in [-0.25, -0.2) is 0 Å². The molecule has 0 bridgehead atoms. The van der Waals surface area contributed by atoms with Crippen LogP contribution in [0.1, 0.15) is 33.2 Å². The van der Waals surface area contributed by atoms with Crippen LogP contribution < -0.4 is 4.89 Å². The first kappa shape index (κ1) is 22.9. The van der Waals surface area contributed by atoms with Crippen molar-refractivity contribution in [2.45, 2.75) is 19.6 Å². The molecule has 2 aromatic carbocycles. The van der Waals surface area contributed by atoms with Crippen LogP contribution in [0, 0.1) is 0 Å². The van der Waals surface area contributed by atoms with Crippen LogP contribution in [0.5, 0.6) is 5.75 Å². The lowest BCUT2D eigenvalue weighted by molar-refractivity contribution is -0.194. The fourth-order valence-electron chi connectivity index (χ4n) is 4.97. The average Bonchev–Trinajstić information content (AvgIpc) is 3.59. The molecular formula is C28H24N4O5. The van der Waals surface area contributed by atoms with E-state index in [4.69, 9.17) is 9.78 Å². The Morgan fingerprint density at radius 3 is 2.70 bits per heavy atom. The molecule has 2 aromatic heterocycles. The molecule has 37 heavy (non-hydrogen) atoms. The summed E-state index contributed by atoms with van der Waals surface area (Å²) in [4.78, 5) is 60.6. The van der Waals surface area contributed by atoms with Crippen molar-refractivity contribution in [1.29, 1.82) is 0 Å². The minimum Gasteiger partial charge on any atom is -0.359 e. The van der Waals surface area contributed by atoms with E-state index in [-0.39, 0.29) is 18.5 Å². The molecule has 2 aliphatic rings. The normalized spacial score (nSPS) is 16.9. The Bertz CT molecular complexity index is 1530. The molecule has 4 heterocycles. The Balaban J connectivity index is 1.22. The molecule has 0 saturated carbocycles. The van der Waals surface area contributed by atoms with E-state index in [9.17, 15) is 14.4 Å². The molecule has 0 aliphatic carbocycles. The van der Waals surface area contributed by atoms with Crippen molar-refractivity contribution in [3.8, 4) is 17.0 Å².